The minimum atomic E-state index is -1.24. The van der Waals surface area contributed by atoms with Crippen LogP contribution >= 0.6 is 0 Å². The van der Waals surface area contributed by atoms with E-state index < -0.39 is 11.0 Å². The lowest BCUT2D eigenvalue weighted by Crippen LogP contribution is -2.21. The quantitative estimate of drug-likeness (QED) is 0.707. The van der Waals surface area contributed by atoms with Crippen molar-refractivity contribution >= 4 is 17.3 Å². The molecule has 0 aromatic heterocycles. The van der Waals surface area contributed by atoms with E-state index in [-0.39, 0.29) is 0 Å². The van der Waals surface area contributed by atoms with Crippen molar-refractivity contribution in [3.63, 3.8) is 0 Å². The molecule has 0 spiro atoms. The summed E-state index contributed by atoms with van der Waals surface area (Å²) in [6.07, 6.45) is 0.733. The highest BCUT2D eigenvalue weighted by atomic mass is 32.2. The summed E-state index contributed by atoms with van der Waals surface area (Å²) < 4.78 is 13.5. The molecule has 0 fully saturated rings. The Morgan fingerprint density at radius 2 is 2.07 bits per heavy atom. The Labute approximate surface area is 86.3 Å². The standard InChI is InChI=1S/C10H13NO2S/c1-3-11(2)14(13)10-7-5-4-6-9(10)8-12/h4-8H,3H2,1-2H3. The third-order valence-corrected chi connectivity index (χ3v) is 3.53. The zero-order valence-corrected chi connectivity index (χ0v) is 9.08. The lowest BCUT2D eigenvalue weighted by molar-refractivity contribution is 0.112. The second-order valence-corrected chi connectivity index (χ2v) is 4.41. The van der Waals surface area contributed by atoms with Crippen molar-refractivity contribution in [3.05, 3.63) is 29.8 Å². The lowest BCUT2D eigenvalue weighted by Gasteiger charge is -2.13. The summed E-state index contributed by atoms with van der Waals surface area (Å²) in [6, 6.07) is 6.93. The Morgan fingerprint density at radius 1 is 1.43 bits per heavy atom. The molecule has 0 aliphatic heterocycles. The van der Waals surface area contributed by atoms with Crippen molar-refractivity contribution in [1.29, 1.82) is 0 Å². The third kappa shape index (κ3) is 2.27. The van der Waals surface area contributed by atoms with Crippen molar-refractivity contribution in [1.82, 2.24) is 4.31 Å². The molecule has 76 valence electrons. The molecule has 1 aromatic rings. The van der Waals surface area contributed by atoms with E-state index in [0.717, 1.165) is 6.29 Å². The fourth-order valence-electron chi connectivity index (χ4n) is 1.02. The molecule has 0 saturated heterocycles. The molecule has 0 N–H and O–H groups in total. The van der Waals surface area contributed by atoms with Gasteiger partial charge < -0.3 is 0 Å². The van der Waals surface area contributed by atoms with Gasteiger partial charge in [0.05, 0.1) is 4.90 Å². The smallest absolute Gasteiger partial charge is 0.151 e. The molecule has 0 aliphatic rings. The van der Waals surface area contributed by atoms with Crippen molar-refractivity contribution < 1.29 is 9.00 Å². The van der Waals surface area contributed by atoms with Crippen molar-refractivity contribution in [2.24, 2.45) is 0 Å². The first-order chi connectivity index (χ1) is 6.70. The largest absolute Gasteiger partial charge is 0.298 e. The Hall–Kier alpha value is -1.00. The van der Waals surface area contributed by atoms with Crippen molar-refractivity contribution in [2.45, 2.75) is 11.8 Å². The molecular formula is C10H13NO2S. The monoisotopic (exact) mass is 211 g/mol. The molecule has 0 bridgehead atoms. The van der Waals surface area contributed by atoms with Gasteiger partial charge in [0.1, 0.15) is 11.0 Å². The van der Waals surface area contributed by atoms with Crippen LogP contribution in [0.1, 0.15) is 17.3 Å². The molecule has 0 amide bonds. The van der Waals surface area contributed by atoms with Gasteiger partial charge in [-0.2, -0.15) is 0 Å². The maximum atomic E-state index is 11.8. The first kappa shape index (κ1) is 11.1. The maximum absolute atomic E-state index is 11.8. The highest BCUT2D eigenvalue weighted by molar-refractivity contribution is 7.82. The third-order valence-electron chi connectivity index (χ3n) is 1.96. The minimum absolute atomic E-state index is 0.492. The molecule has 14 heavy (non-hydrogen) atoms. The predicted molar refractivity (Wildman–Crippen MR) is 56.5 cm³/mol. The van der Waals surface area contributed by atoms with Gasteiger partial charge in [0, 0.05) is 19.2 Å². The molecule has 1 aromatic carbocycles. The Bertz CT molecular complexity index is 352. The van der Waals surface area contributed by atoms with Crippen LogP contribution in [0.15, 0.2) is 29.2 Å². The molecule has 1 atom stereocenters. The van der Waals surface area contributed by atoms with Crippen LogP contribution in [0.2, 0.25) is 0 Å². The highest BCUT2D eigenvalue weighted by Gasteiger charge is 2.11. The van der Waals surface area contributed by atoms with E-state index in [1.54, 1.807) is 35.6 Å². The van der Waals surface area contributed by atoms with Crippen LogP contribution in [0.4, 0.5) is 0 Å². The number of rotatable bonds is 4. The second-order valence-electron chi connectivity index (χ2n) is 2.85. The predicted octanol–water partition coefficient (Wildman–Crippen LogP) is 1.47. The van der Waals surface area contributed by atoms with Gasteiger partial charge in [-0.3, -0.25) is 4.79 Å². The Kier molecular flexibility index (Phi) is 3.98. The van der Waals surface area contributed by atoms with Crippen LogP contribution in [-0.4, -0.2) is 28.4 Å². The SMILES string of the molecule is CCN(C)S(=O)c1ccccc1C=O. The van der Waals surface area contributed by atoms with Crippen LogP contribution < -0.4 is 0 Å². The van der Waals surface area contributed by atoms with Crippen molar-refractivity contribution in [3.8, 4) is 0 Å². The molecule has 3 nitrogen and oxygen atoms in total. The average Bonchev–Trinajstić information content (AvgIpc) is 2.26. The molecule has 0 saturated carbocycles. The van der Waals surface area contributed by atoms with E-state index in [9.17, 15) is 9.00 Å². The number of carbonyl (C=O) groups excluding carboxylic acids is 1. The number of aldehydes is 1. The van der Waals surface area contributed by atoms with Gasteiger partial charge in [-0.05, 0) is 6.07 Å². The first-order valence-corrected chi connectivity index (χ1v) is 5.48. The van der Waals surface area contributed by atoms with Gasteiger partial charge in [0.2, 0.25) is 0 Å². The summed E-state index contributed by atoms with van der Waals surface area (Å²) in [6.45, 7) is 2.60. The van der Waals surface area contributed by atoms with E-state index in [1.807, 2.05) is 6.92 Å². The van der Waals surface area contributed by atoms with Crippen LogP contribution in [0.5, 0.6) is 0 Å². The van der Waals surface area contributed by atoms with Gasteiger partial charge in [0.25, 0.3) is 0 Å². The molecule has 1 unspecified atom stereocenters. The van der Waals surface area contributed by atoms with Gasteiger partial charge in [-0.25, -0.2) is 8.51 Å². The Balaban J connectivity index is 3.05. The highest BCUT2D eigenvalue weighted by Crippen LogP contribution is 2.13. The van der Waals surface area contributed by atoms with Gasteiger partial charge >= 0.3 is 0 Å². The number of hydrogen-bond donors (Lipinski definition) is 0. The van der Waals surface area contributed by atoms with E-state index in [1.165, 1.54) is 0 Å². The fourth-order valence-corrected chi connectivity index (χ4v) is 2.11. The second kappa shape index (κ2) is 5.02. The van der Waals surface area contributed by atoms with Gasteiger partial charge in [-0.1, -0.05) is 25.1 Å². The van der Waals surface area contributed by atoms with Crippen LogP contribution in [-0.2, 0) is 11.0 Å². The fraction of sp³-hybridized carbons (Fsp3) is 0.300. The van der Waals surface area contributed by atoms with E-state index in [4.69, 9.17) is 0 Å². The summed E-state index contributed by atoms with van der Waals surface area (Å²) >= 11 is 0. The van der Waals surface area contributed by atoms with Gasteiger partial charge in [-0.15, -0.1) is 0 Å². The summed E-state index contributed by atoms with van der Waals surface area (Å²) in [5.74, 6) is 0. The molecular weight excluding hydrogens is 198 g/mol. The van der Waals surface area contributed by atoms with Crippen molar-refractivity contribution in [2.75, 3.05) is 13.6 Å². The molecule has 0 heterocycles. The average molecular weight is 211 g/mol. The number of benzene rings is 1. The van der Waals surface area contributed by atoms with E-state index in [2.05, 4.69) is 0 Å². The van der Waals surface area contributed by atoms with Gasteiger partial charge in [0.15, 0.2) is 6.29 Å². The topological polar surface area (TPSA) is 37.4 Å². The van der Waals surface area contributed by atoms with E-state index >= 15 is 0 Å². The molecule has 1 rings (SSSR count). The minimum Gasteiger partial charge on any atom is -0.298 e. The van der Waals surface area contributed by atoms with Crippen LogP contribution in [0, 0.1) is 0 Å². The number of carbonyl (C=O) groups is 1. The summed E-state index contributed by atoms with van der Waals surface area (Å²) in [4.78, 5) is 11.3. The molecule has 4 heteroatoms. The maximum Gasteiger partial charge on any atom is 0.151 e. The number of nitrogens with zero attached hydrogens (tertiary/aromatic N) is 1. The first-order valence-electron chi connectivity index (χ1n) is 4.38. The molecule has 0 aliphatic carbocycles. The van der Waals surface area contributed by atoms with E-state index in [0.29, 0.717) is 17.0 Å². The molecule has 0 radical (unpaired) electrons. The summed E-state index contributed by atoms with van der Waals surface area (Å²) in [5.41, 5.74) is 0.492. The summed E-state index contributed by atoms with van der Waals surface area (Å²) in [5, 5.41) is 0. The normalized spacial score (nSPS) is 12.8. The van der Waals surface area contributed by atoms with Crippen LogP contribution in [0.3, 0.4) is 0 Å². The summed E-state index contributed by atoms with van der Waals surface area (Å²) in [7, 11) is 0.524. The zero-order valence-electron chi connectivity index (χ0n) is 8.27. The number of hydrogen-bond acceptors (Lipinski definition) is 2. The van der Waals surface area contributed by atoms with Crippen LogP contribution in [0.25, 0.3) is 0 Å². The lowest BCUT2D eigenvalue weighted by atomic mass is 10.2. The Morgan fingerprint density at radius 3 is 2.64 bits per heavy atom. The zero-order chi connectivity index (χ0) is 10.6.